The zero-order chi connectivity index (χ0) is 14.3. The number of hydrogen-bond acceptors (Lipinski definition) is 4. The molecule has 0 radical (unpaired) electrons. The van der Waals surface area contributed by atoms with Gasteiger partial charge in [-0.2, -0.15) is 0 Å². The number of aromatic nitrogens is 1. The Bertz CT molecular complexity index is 363. The van der Waals surface area contributed by atoms with Crippen molar-refractivity contribution in [3.05, 3.63) is 23.9 Å². The van der Waals surface area contributed by atoms with E-state index in [0.717, 1.165) is 37.7 Å². The summed E-state index contributed by atoms with van der Waals surface area (Å²) in [5, 5.41) is 3.43. The summed E-state index contributed by atoms with van der Waals surface area (Å²) >= 11 is 0. The maximum atomic E-state index is 4.69. The molecule has 0 aliphatic carbocycles. The molecule has 0 saturated heterocycles. The van der Waals surface area contributed by atoms with Crippen LogP contribution in [0.4, 0.5) is 5.82 Å². The summed E-state index contributed by atoms with van der Waals surface area (Å²) in [5.74, 6) is 1.72. The summed E-state index contributed by atoms with van der Waals surface area (Å²) in [6, 6.07) is 6.24. The van der Waals surface area contributed by atoms with Crippen LogP contribution in [0.15, 0.2) is 18.2 Å². The third-order valence-corrected chi connectivity index (χ3v) is 2.92. The van der Waals surface area contributed by atoms with Gasteiger partial charge in [-0.3, -0.25) is 0 Å². The van der Waals surface area contributed by atoms with E-state index in [1.165, 1.54) is 0 Å². The molecular weight excluding hydrogens is 236 g/mol. The van der Waals surface area contributed by atoms with Crippen LogP contribution in [-0.4, -0.2) is 50.7 Å². The van der Waals surface area contributed by atoms with E-state index in [1.807, 2.05) is 0 Å². The van der Waals surface area contributed by atoms with Crippen molar-refractivity contribution in [3.8, 4) is 0 Å². The summed E-state index contributed by atoms with van der Waals surface area (Å²) in [6.45, 7) is 8.32. The van der Waals surface area contributed by atoms with Gasteiger partial charge in [-0.15, -0.1) is 0 Å². The van der Waals surface area contributed by atoms with Crippen LogP contribution in [0, 0.1) is 5.92 Å². The van der Waals surface area contributed by atoms with Crippen LogP contribution >= 0.6 is 0 Å². The van der Waals surface area contributed by atoms with Crippen molar-refractivity contribution in [3.63, 3.8) is 0 Å². The van der Waals surface area contributed by atoms with Gasteiger partial charge in [0.2, 0.25) is 0 Å². The van der Waals surface area contributed by atoms with E-state index in [1.54, 1.807) is 0 Å². The molecule has 0 unspecified atom stereocenters. The zero-order valence-electron chi connectivity index (χ0n) is 13.0. The van der Waals surface area contributed by atoms with Crippen molar-refractivity contribution < 1.29 is 0 Å². The Kier molecular flexibility index (Phi) is 6.81. The van der Waals surface area contributed by atoms with Gasteiger partial charge in [0.25, 0.3) is 0 Å². The second kappa shape index (κ2) is 8.12. The molecule has 0 atom stereocenters. The van der Waals surface area contributed by atoms with Crippen molar-refractivity contribution in [1.29, 1.82) is 0 Å². The van der Waals surface area contributed by atoms with Crippen molar-refractivity contribution >= 4 is 5.82 Å². The maximum Gasteiger partial charge on any atom is 0.128 e. The molecular formula is C15H28N4. The molecule has 0 aromatic carbocycles. The van der Waals surface area contributed by atoms with Crippen LogP contribution in [0.1, 0.15) is 19.5 Å². The van der Waals surface area contributed by atoms with Gasteiger partial charge in [0.05, 0.1) is 5.69 Å². The van der Waals surface area contributed by atoms with E-state index in [-0.39, 0.29) is 0 Å². The molecule has 4 heteroatoms. The van der Waals surface area contributed by atoms with Gasteiger partial charge in [-0.05, 0) is 38.7 Å². The summed E-state index contributed by atoms with van der Waals surface area (Å²) in [4.78, 5) is 9.08. The van der Waals surface area contributed by atoms with Gasteiger partial charge in [0.1, 0.15) is 5.82 Å². The molecule has 19 heavy (non-hydrogen) atoms. The van der Waals surface area contributed by atoms with Gasteiger partial charge >= 0.3 is 0 Å². The number of nitrogens with zero attached hydrogens (tertiary/aromatic N) is 3. The standard InChI is InChI=1S/C15H28N4/c1-13(2)11-16-12-14-7-6-8-15(17-14)19(5)10-9-18(3)4/h6-8,13,16H,9-12H2,1-5H3. The molecule has 0 aliphatic rings. The maximum absolute atomic E-state index is 4.69. The second-order valence-corrected chi connectivity index (χ2v) is 5.74. The molecule has 0 saturated carbocycles. The highest BCUT2D eigenvalue weighted by Crippen LogP contribution is 2.09. The fourth-order valence-electron chi connectivity index (χ4n) is 1.73. The van der Waals surface area contributed by atoms with E-state index in [0.29, 0.717) is 5.92 Å². The Labute approximate surface area is 117 Å². The normalized spacial score (nSPS) is 11.3. The molecule has 0 aliphatic heterocycles. The van der Waals surface area contributed by atoms with Crippen LogP contribution in [0.5, 0.6) is 0 Å². The predicted octanol–water partition coefficient (Wildman–Crippen LogP) is 1.82. The Balaban J connectivity index is 2.51. The summed E-state index contributed by atoms with van der Waals surface area (Å²) in [7, 11) is 6.28. The van der Waals surface area contributed by atoms with Gasteiger partial charge in [0.15, 0.2) is 0 Å². The number of rotatable bonds is 8. The molecule has 1 N–H and O–H groups in total. The number of nitrogens with one attached hydrogen (secondary N) is 1. The summed E-state index contributed by atoms with van der Waals surface area (Å²) in [5.41, 5.74) is 1.11. The van der Waals surface area contributed by atoms with Crippen molar-refractivity contribution in [1.82, 2.24) is 15.2 Å². The molecule has 0 fully saturated rings. The molecule has 0 spiro atoms. The van der Waals surface area contributed by atoms with E-state index < -0.39 is 0 Å². The lowest BCUT2D eigenvalue weighted by molar-refractivity contribution is 0.416. The Morgan fingerprint density at radius 1 is 1.16 bits per heavy atom. The average Bonchev–Trinajstić information content (AvgIpc) is 2.36. The van der Waals surface area contributed by atoms with Crippen LogP contribution in [-0.2, 0) is 6.54 Å². The minimum absolute atomic E-state index is 0.672. The molecule has 0 amide bonds. The first-order chi connectivity index (χ1) is 8.99. The highest BCUT2D eigenvalue weighted by molar-refractivity contribution is 5.38. The highest BCUT2D eigenvalue weighted by Gasteiger charge is 2.04. The van der Waals surface area contributed by atoms with E-state index in [9.17, 15) is 0 Å². The van der Waals surface area contributed by atoms with Gasteiger partial charge < -0.3 is 15.1 Å². The minimum atomic E-state index is 0.672. The first-order valence-electron chi connectivity index (χ1n) is 7.01. The van der Waals surface area contributed by atoms with Crippen molar-refractivity contribution in [2.45, 2.75) is 20.4 Å². The molecule has 108 valence electrons. The lowest BCUT2D eigenvalue weighted by Gasteiger charge is -2.21. The number of hydrogen-bond donors (Lipinski definition) is 1. The van der Waals surface area contributed by atoms with E-state index in [4.69, 9.17) is 4.98 Å². The van der Waals surface area contributed by atoms with Gasteiger partial charge in [-0.1, -0.05) is 19.9 Å². The number of likely N-dealkylation sites (N-methyl/N-ethyl adjacent to an activating group) is 2. The average molecular weight is 264 g/mol. The highest BCUT2D eigenvalue weighted by atomic mass is 15.2. The van der Waals surface area contributed by atoms with Crippen molar-refractivity contribution in [2.75, 3.05) is 45.7 Å². The zero-order valence-corrected chi connectivity index (χ0v) is 13.0. The monoisotopic (exact) mass is 264 g/mol. The van der Waals surface area contributed by atoms with E-state index >= 15 is 0 Å². The van der Waals surface area contributed by atoms with Crippen LogP contribution < -0.4 is 10.2 Å². The molecule has 0 bridgehead atoms. The van der Waals surface area contributed by atoms with Gasteiger partial charge in [0, 0.05) is 26.7 Å². The minimum Gasteiger partial charge on any atom is -0.358 e. The van der Waals surface area contributed by atoms with Crippen LogP contribution in [0.3, 0.4) is 0 Å². The Morgan fingerprint density at radius 2 is 1.89 bits per heavy atom. The fourth-order valence-corrected chi connectivity index (χ4v) is 1.73. The lowest BCUT2D eigenvalue weighted by atomic mass is 10.2. The SMILES string of the molecule is CC(C)CNCc1cccc(N(C)CCN(C)C)n1. The largest absolute Gasteiger partial charge is 0.358 e. The third kappa shape index (κ3) is 6.55. The molecule has 1 aromatic rings. The lowest BCUT2D eigenvalue weighted by Crippen LogP contribution is -2.29. The van der Waals surface area contributed by atoms with Crippen molar-refractivity contribution in [2.24, 2.45) is 5.92 Å². The number of pyridine rings is 1. The fraction of sp³-hybridized carbons (Fsp3) is 0.667. The molecule has 1 aromatic heterocycles. The van der Waals surface area contributed by atoms with E-state index in [2.05, 4.69) is 68.3 Å². The molecule has 4 nitrogen and oxygen atoms in total. The molecule has 1 heterocycles. The quantitative estimate of drug-likeness (QED) is 0.776. The first-order valence-corrected chi connectivity index (χ1v) is 7.01. The summed E-state index contributed by atoms with van der Waals surface area (Å²) in [6.07, 6.45) is 0. The predicted molar refractivity (Wildman–Crippen MR) is 82.6 cm³/mol. The van der Waals surface area contributed by atoms with Crippen LogP contribution in [0.25, 0.3) is 0 Å². The summed E-state index contributed by atoms with van der Waals surface area (Å²) < 4.78 is 0. The number of anilines is 1. The molecule has 1 rings (SSSR count). The van der Waals surface area contributed by atoms with Crippen LogP contribution in [0.2, 0.25) is 0 Å². The van der Waals surface area contributed by atoms with Gasteiger partial charge in [-0.25, -0.2) is 4.98 Å². The Hall–Kier alpha value is -1.13. The smallest absolute Gasteiger partial charge is 0.128 e. The first kappa shape index (κ1) is 15.9. The topological polar surface area (TPSA) is 31.4 Å². The second-order valence-electron chi connectivity index (χ2n) is 5.74. The third-order valence-electron chi connectivity index (χ3n) is 2.92. The Morgan fingerprint density at radius 3 is 2.53 bits per heavy atom.